The van der Waals surface area contributed by atoms with Crippen LogP contribution in [0.25, 0.3) is 0 Å². The smallest absolute Gasteiger partial charge is 0.358 e. The van der Waals surface area contributed by atoms with E-state index in [9.17, 15) is 4.57 Å². The number of hydrogen-bond donors (Lipinski definition) is 0. The molecule has 0 aromatic heterocycles. The first kappa shape index (κ1) is 24.2. The van der Waals surface area contributed by atoms with E-state index in [1.165, 1.54) is 50.6 Å². The summed E-state index contributed by atoms with van der Waals surface area (Å²) in [6.45, 7) is 9.30. The third-order valence-corrected chi connectivity index (χ3v) is 15.7. The van der Waals surface area contributed by atoms with Gasteiger partial charge >= 0.3 is 17.1 Å². The second-order valence-electron chi connectivity index (χ2n) is 8.75. The van der Waals surface area contributed by atoms with Crippen molar-refractivity contribution < 1.29 is 21.6 Å². The van der Waals surface area contributed by atoms with Crippen LogP contribution in [0, 0.1) is 13.8 Å². The average Bonchev–Trinajstić information content (AvgIpc) is 3.20. The fraction of sp³-hybridized carbons (Fsp3) is 0.905. The third kappa shape index (κ3) is 4.78. The second kappa shape index (κ2) is 10.1. The maximum Gasteiger partial charge on any atom is 2.00 e. The molecule has 0 radical (unpaired) electrons. The van der Waals surface area contributed by atoms with Gasteiger partial charge in [-0.2, -0.15) is 6.42 Å². The predicted octanol–water partition coefficient (Wildman–Crippen LogP) is 7.33. The van der Waals surface area contributed by atoms with E-state index in [4.69, 9.17) is 0 Å². The van der Waals surface area contributed by atoms with E-state index in [1.54, 1.807) is 12.8 Å². The van der Waals surface area contributed by atoms with Crippen LogP contribution in [0.15, 0.2) is 0 Å². The zero-order valence-electron chi connectivity index (χ0n) is 17.1. The number of hydrogen-bond acceptors (Lipinski definition) is 1. The van der Waals surface area contributed by atoms with Crippen LogP contribution in [-0.2, 0) is 21.6 Å². The van der Waals surface area contributed by atoms with Crippen molar-refractivity contribution in [3.8, 4) is 0 Å². The summed E-state index contributed by atoms with van der Waals surface area (Å²) < 4.78 is 12.5. The standard InChI is InChI=1S/C10H18OP.C10H19P.CH3.Fe/c1-8-7-9(2)12(8,11)10-5-3-4-6-10;1-8-7-9(2)11(8)10-5-3-4-6-10;;/h5,8-10H,3-4,6-7H2,1-2H3;8-10H,3-7H2,1-2H3;1H3;/q-1;;-1;+2. The summed E-state index contributed by atoms with van der Waals surface area (Å²) in [5.74, 6) is 0. The van der Waals surface area contributed by atoms with Gasteiger partial charge in [-0.05, 0) is 42.7 Å². The molecule has 2 saturated heterocycles. The minimum atomic E-state index is -1.78. The van der Waals surface area contributed by atoms with Gasteiger partial charge in [0.25, 0.3) is 0 Å². The number of rotatable bonds is 2. The molecule has 0 spiro atoms. The van der Waals surface area contributed by atoms with Crippen LogP contribution in [0.4, 0.5) is 0 Å². The van der Waals surface area contributed by atoms with Gasteiger partial charge in [-0.15, -0.1) is 5.66 Å². The van der Waals surface area contributed by atoms with Crippen LogP contribution < -0.4 is 0 Å². The largest absolute Gasteiger partial charge is 2.00 e. The Bertz CT molecular complexity index is 423. The minimum absolute atomic E-state index is 0. The first-order valence-corrected chi connectivity index (χ1v) is 13.6. The summed E-state index contributed by atoms with van der Waals surface area (Å²) in [6, 6.07) is 0. The molecule has 148 valence electrons. The molecular weight excluding hydrogens is 386 g/mol. The van der Waals surface area contributed by atoms with Gasteiger partial charge in [0.2, 0.25) is 0 Å². The van der Waals surface area contributed by atoms with Gasteiger partial charge in [-0.3, -0.25) is 0 Å². The van der Waals surface area contributed by atoms with E-state index < -0.39 is 7.14 Å². The van der Waals surface area contributed by atoms with Crippen LogP contribution >= 0.6 is 15.1 Å². The average molecular weight is 426 g/mol. The Hall–Kier alpha value is 1.18. The molecule has 2 aliphatic heterocycles. The molecule has 1 nitrogen and oxygen atoms in total. The van der Waals surface area contributed by atoms with Gasteiger partial charge in [-0.1, -0.05) is 61.3 Å². The van der Waals surface area contributed by atoms with E-state index >= 15 is 0 Å². The molecule has 0 aromatic rings. The first-order chi connectivity index (χ1) is 10.9. The van der Waals surface area contributed by atoms with Gasteiger partial charge in [0.1, 0.15) is 0 Å². The Labute approximate surface area is 169 Å². The topological polar surface area (TPSA) is 17.1 Å². The van der Waals surface area contributed by atoms with Crippen molar-refractivity contribution in [2.75, 3.05) is 0 Å². The van der Waals surface area contributed by atoms with Crippen molar-refractivity contribution in [1.82, 2.24) is 0 Å². The van der Waals surface area contributed by atoms with Gasteiger partial charge in [0.15, 0.2) is 0 Å². The van der Waals surface area contributed by atoms with Crippen LogP contribution in [0.1, 0.15) is 85.5 Å². The minimum Gasteiger partial charge on any atom is -0.358 e. The SMILES string of the molecule is CC1CC(C)P1(=O)C1[CH-]CCC1.CC1CC(C)P1C1CCCC1.[CH3-].[Fe+2]. The molecule has 4 heteroatoms. The monoisotopic (exact) mass is 426 g/mol. The molecule has 0 bridgehead atoms. The molecule has 0 N–H and O–H groups in total. The summed E-state index contributed by atoms with van der Waals surface area (Å²) in [7, 11) is -1.30. The molecule has 5 unspecified atom stereocenters. The summed E-state index contributed by atoms with van der Waals surface area (Å²) in [5.41, 5.74) is 4.95. The zero-order valence-corrected chi connectivity index (χ0v) is 20.0. The maximum atomic E-state index is 12.5. The summed E-state index contributed by atoms with van der Waals surface area (Å²) in [6.07, 6.45) is 14.9. The third-order valence-electron chi connectivity index (χ3n) is 7.17. The van der Waals surface area contributed by atoms with Crippen LogP contribution in [0.2, 0.25) is 0 Å². The molecule has 4 fully saturated rings. The molecule has 0 aromatic carbocycles. The van der Waals surface area contributed by atoms with Crippen LogP contribution in [0.5, 0.6) is 0 Å². The van der Waals surface area contributed by atoms with Crippen molar-refractivity contribution in [2.45, 2.75) is 119 Å². The predicted molar refractivity (Wildman–Crippen MR) is 112 cm³/mol. The van der Waals surface area contributed by atoms with Crippen LogP contribution in [-0.4, -0.2) is 34.0 Å². The molecule has 2 saturated carbocycles. The van der Waals surface area contributed by atoms with E-state index in [2.05, 4.69) is 34.1 Å². The molecule has 2 aliphatic carbocycles. The Morgan fingerprint density at radius 3 is 1.84 bits per heavy atom. The Kier molecular flexibility index (Phi) is 9.78. The van der Waals surface area contributed by atoms with E-state index in [1.807, 2.05) is 0 Å². The van der Waals surface area contributed by atoms with E-state index in [0.717, 1.165) is 11.3 Å². The Morgan fingerprint density at radius 1 is 0.880 bits per heavy atom. The normalized spacial score (nSPS) is 45.9. The van der Waals surface area contributed by atoms with Gasteiger partial charge in [0.05, 0.1) is 7.14 Å². The maximum absolute atomic E-state index is 12.5. The Balaban J connectivity index is 0.000000232. The summed E-state index contributed by atoms with van der Waals surface area (Å²) in [4.78, 5) is 0. The van der Waals surface area contributed by atoms with Gasteiger partial charge in [0, 0.05) is 11.3 Å². The second-order valence-corrected chi connectivity index (χ2v) is 16.1. The van der Waals surface area contributed by atoms with Crippen molar-refractivity contribution in [3.05, 3.63) is 13.8 Å². The first-order valence-electron chi connectivity index (χ1n) is 10.1. The molecule has 5 atom stereocenters. The fourth-order valence-corrected chi connectivity index (χ4v) is 14.0. The summed E-state index contributed by atoms with van der Waals surface area (Å²) in [5, 5.41) is 0. The molecule has 4 aliphatic rings. The zero-order chi connectivity index (χ0) is 16.6. The van der Waals surface area contributed by atoms with Crippen molar-refractivity contribution in [1.29, 1.82) is 0 Å². The molecule has 2 heterocycles. The molecule has 4 rings (SSSR count). The quantitative estimate of drug-likeness (QED) is 0.257. The molecule has 0 amide bonds. The molecule has 25 heavy (non-hydrogen) atoms. The molecular formula is C21H40FeOP2. The van der Waals surface area contributed by atoms with E-state index in [0.29, 0.717) is 24.9 Å². The van der Waals surface area contributed by atoms with Crippen molar-refractivity contribution in [2.24, 2.45) is 0 Å². The van der Waals surface area contributed by atoms with Gasteiger partial charge in [-0.25, -0.2) is 0 Å². The fourth-order valence-electron chi connectivity index (χ4n) is 5.85. The Morgan fingerprint density at radius 2 is 1.44 bits per heavy atom. The van der Waals surface area contributed by atoms with Gasteiger partial charge < -0.3 is 18.4 Å². The summed E-state index contributed by atoms with van der Waals surface area (Å²) >= 11 is 0. The van der Waals surface area contributed by atoms with Crippen molar-refractivity contribution in [3.63, 3.8) is 0 Å². The van der Waals surface area contributed by atoms with Crippen molar-refractivity contribution >= 4 is 15.1 Å². The van der Waals surface area contributed by atoms with E-state index in [-0.39, 0.29) is 24.5 Å². The van der Waals surface area contributed by atoms with Crippen LogP contribution in [0.3, 0.4) is 0 Å².